The van der Waals surface area contributed by atoms with Crippen LogP contribution in [0.2, 0.25) is 0 Å². The van der Waals surface area contributed by atoms with Gasteiger partial charge in [-0.1, -0.05) is 0 Å². The standard InChI is InChI=1S/C16H18F2N4O2/c17-11-5-10(6-12(18)7-11)13-8-14(22-21-13)20-16(23)15(19)9-1-3-24-4-2-9/h5-9,15H,1-4,19H2,(H2,20,21,22,23). The molecule has 1 aromatic heterocycles. The highest BCUT2D eigenvalue weighted by molar-refractivity contribution is 5.94. The summed E-state index contributed by atoms with van der Waals surface area (Å²) in [6.45, 7) is 1.20. The number of aromatic nitrogens is 2. The molecule has 2 heterocycles. The summed E-state index contributed by atoms with van der Waals surface area (Å²) in [5.74, 6) is -1.40. The second-order valence-electron chi connectivity index (χ2n) is 5.79. The van der Waals surface area contributed by atoms with Crippen molar-refractivity contribution in [3.05, 3.63) is 35.9 Å². The second kappa shape index (κ2) is 7.06. The topological polar surface area (TPSA) is 93.0 Å². The third-order valence-corrected chi connectivity index (χ3v) is 4.08. The van der Waals surface area contributed by atoms with E-state index in [9.17, 15) is 13.6 Å². The van der Waals surface area contributed by atoms with Crippen molar-refractivity contribution in [3.8, 4) is 11.3 Å². The molecule has 8 heteroatoms. The highest BCUT2D eigenvalue weighted by atomic mass is 19.1. The molecule has 1 aromatic carbocycles. The number of benzene rings is 1. The van der Waals surface area contributed by atoms with E-state index >= 15 is 0 Å². The average Bonchev–Trinajstić information content (AvgIpc) is 3.02. The van der Waals surface area contributed by atoms with E-state index in [1.165, 1.54) is 18.2 Å². The fourth-order valence-corrected chi connectivity index (χ4v) is 2.74. The molecule has 2 aromatic rings. The molecule has 1 amide bonds. The molecule has 0 spiro atoms. The zero-order valence-corrected chi connectivity index (χ0v) is 12.9. The predicted molar refractivity (Wildman–Crippen MR) is 84.1 cm³/mol. The number of nitrogens with two attached hydrogens (primary N) is 1. The van der Waals surface area contributed by atoms with Gasteiger partial charge in [-0.2, -0.15) is 5.10 Å². The van der Waals surface area contributed by atoms with Crippen molar-refractivity contribution >= 4 is 11.7 Å². The number of halogens is 2. The molecule has 4 N–H and O–H groups in total. The lowest BCUT2D eigenvalue weighted by Gasteiger charge is -2.26. The highest BCUT2D eigenvalue weighted by Gasteiger charge is 2.27. The number of aromatic amines is 1. The molecule has 1 aliphatic heterocycles. The van der Waals surface area contributed by atoms with Gasteiger partial charge in [-0.3, -0.25) is 9.89 Å². The Bertz CT molecular complexity index is 708. The second-order valence-corrected chi connectivity index (χ2v) is 5.79. The zero-order valence-electron chi connectivity index (χ0n) is 12.9. The van der Waals surface area contributed by atoms with Crippen LogP contribution in [-0.4, -0.2) is 35.4 Å². The van der Waals surface area contributed by atoms with Crippen LogP contribution in [0.15, 0.2) is 24.3 Å². The SMILES string of the molecule is NC(C(=O)Nc1cc(-c2cc(F)cc(F)c2)[nH]n1)C1CCOCC1. The van der Waals surface area contributed by atoms with E-state index in [0.29, 0.717) is 24.5 Å². The van der Waals surface area contributed by atoms with Gasteiger partial charge in [-0.25, -0.2) is 8.78 Å². The number of nitrogens with zero attached hydrogens (tertiary/aromatic N) is 1. The number of H-pyrrole nitrogens is 1. The maximum Gasteiger partial charge on any atom is 0.242 e. The largest absolute Gasteiger partial charge is 0.381 e. The number of hydrogen-bond donors (Lipinski definition) is 3. The molecule has 1 atom stereocenters. The quantitative estimate of drug-likeness (QED) is 0.797. The lowest BCUT2D eigenvalue weighted by atomic mass is 9.92. The molecule has 0 radical (unpaired) electrons. The van der Waals surface area contributed by atoms with Gasteiger partial charge in [0.15, 0.2) is 5.82 Å². The number of anilines is 1. The van der Waals surface area contributed by atoms with Gasteiger partial charge in [0.25, 0.3) is 0 Å². The molecule has 3 rings (SSSR count). The molecule has 0 aliphatic carbocycles. The number of rotatable bonds is 4. The summed E-state index contributed by atoms with van der Waals surface area (Å²) in [7, 11) is 0. The van der Waals surface area contributed by atoms with Crippen LogP contribution in [0.3, 0.4) is 0 Å². The van der Waals surface area contributed by atoms with Crippen LogP contribution >= 0.6 is 0 Å². The number of nitrogens with one attached hydrogen (secondary N) is 2. The highest BCUT2D eigenvalue weighted by Crippen LogP contribution is 2.23. The zero-order chi connectivity index (χ0) is 17.1. The van der Waals surface area contributed by atoms with E-state index in [0.717, 1.165) is 18.9 Å². The minimum Gasteiger partial charge on any atom is -0.381 e. The Hall–Kier alpha value is -2.32. The molecule has 1 unspecified atom stereocenters. The van der Waals surface area contributed by atoms with Gasteiger partial charge in [0.1, 0.15) is 11.6 Å². The molecular formula is C16H18F2N4O2. The van der Waals surface area contributed by atoms with Gasteiger partial charge < -0.3 is 15.8 Å². The van der Waals surface area contributed by atoms with Gasteiger partial charge in [0.05, 0.1) is 11.7 Å². The normalized spacial score (nSPS) is 16.8. The lowest BCUT2D eigenvalue weighted by molar-refractivity contribution is -0.119. The first kappa shape index (κ1) is 16.5. The summed E-state index contributed by atoms with van der Waals surface area (Å²) in [4.78, 5) is 12.2. The Morgan fingerprint density at radius 1 is 1.25 bits per heavy atom. The molecule has 6 nitrogen and oxygen atoms in total. The summed E-state index contributed by atoms with van der Waals surface area (Å²) < 4.78 is 31.8. The first-order valence-corrected chi connectivity index (χ1v) is 7.69. The van der Waals surface area contributed by atoms with E-state index in [2.05, 4.69) is 15.5 Å². The van der Waals surface area contributed by atoms with Crippen molar-refractivity contribution in [2.24, 2.45) is 11.7 Å². The smallest absolute Gasteiger partial charge is 0.242 e. The van der Waals surface area contributed by atoms with Crippen molar-refractivity contribution in [2.75, 3.05) is 18.5 Å². The Kier molecular flexibility index (Phi) is 4.86. The number of carbonyl (C=O) groups is 1. The maximum atomic E-state index is 13.3. The minimum absolute atomic E-state index is 0.0643. The van der Waals surface area contributed by atoms with Gasteiger partial charge in [-0.15, -0.1) is 0 Å². The van der Waals surface area contributed by atoms with E-state index < -0.39 is 17.7 Å². The van der Waals surface area contributed by atoms with Gasteiger partial charge in [0.2, 0.25) is 5.91 Å². The Morgan fingerprint density at radius 3 is 2.58 bits per heavy atom. The Balaban J connectivity index is 1.68. The van der Waals surface area contributed by atoms with Crippen molar-refractivity contribution < 1.29 is 18.3 Å². The number of carbonyl (C=O) groups excluding carboxylic acids is 1. The minimum atomic E-state index is -0.688. The Morgan fingerprint density at radius 2 is 1.92 bits per heavy atom. The first-order chi connectivity index (χ1) is 11.5. The van der Waals surface area contributed by atoms with Crippen LogP contribution in [-0.2, 0) is 9.53 Å². The third kappa shape index (κ3) is 3.77. The summed E-state index contributed by atoms with van der Waals surface area (Å²) in [5, 5.41) is 9.20. The molecule has 0 saturated carbocycles. The number of hydrogen-bond acceptors (Lipinski definition) is 4. The van der Waals surface area contributed by atoms with Crippen LogP contribution in [0, 0.1) is 17.6 Å². The first-order valence-electron chi connectivity index (χ1n) is 7.69. The average molecular weight is 336 g/mol. The van der Waals surface area contributed by atoms with Crippen LogP contribution in [0.1, 0.15) is 12.8 Å². The predicted octanol–water partition coefficient (Wildman–Crippen LogP) is 2.05. The fraction of sp³-hybridized carbons (Fsp3) is 0.375. The van der Waals surface area contributed by atoms with Crippen molar-refractivity contribution in [3.63, 3.8) is 0 Å². The third-order valence-electron chi connectivity index (χ3n) is 4.08. The van der Waals surface area contributed by atoms with Crippen LogP contribution < -0.4 is 11.1 Å². The van der Waals surface area contributed by atoms with E-state index in [1.807, 2.05) is 0 Å². The number of ether oxygens (including phenoxy) is 1. The van der Waals surface area contributed by atoms with Crippen molar-refractivity contribution in [1.82, 2.24) is 10.2 Å². The van der Waals surface area contributed by atoms with Crippen LogP contribution in [0.5, 0.6) is 0 Å². The summed E-state index contributed by atoms with van der Waals surface area (Å²) in [6.07, 6.45) is 1.48. The van der Waals surface area contributed by atoms with Gasteiger partial charge in [0, 0.05) is 30.9 Å². The summed E-state index contributed by atoms with van der Waals surface area (Å²) in [5.41, 5.74) is 6.68. The van der Waals surface area contributed by atoms with Gasteiger partial charge >= 0.3 is 0 Å². The monoisotopic (exact) mass is 336 g/mol. The van der Waals surface area contributed by atoms with E-state index in [-0.39, 0.29) is 17.6 Å². The molecule has 1 fully saturated rings. The summed E-state index contributed by atoms with van der Waals surface area (Å²) in [6, 6.07) is 3.99. The number of amides is 1. The molecule has 128 valence electrons. The van der Waals surface area contributed by atoms with Crippen LogP contribution in [0.25, 0.3) is 11.3 Å². The van der Waals surface area contributed by atoms with Crippen LogP contribution in [0.4, 0.5) is 14.6 Å². The van der Waals surface area contributed by atoms with E-state index in [1.54, 1.807) is 0 Å². The lowest BCUT2D eigenvalue weighted by Crippen LogP contribution is -2.44. The van der Waals surface area contributed by atoms with Crippen molar-refractivity contribution in [2.45, 2.75) is 18.9 Å². The fourth-order valence-electron chi connectivity index (χ4n) is 2.74. The molecule has 24 heavy (non-hydrogen) atoms. The van der Waals surface area contributed by atoms with Crippen molar-refractivity contribution in [1.29, 1.82) is 0 Å². The molecule has 1 saturated heterocycles. The molecule has 0 bridgehead atoms. The molecule has 1 aliphatic rings. The van der Waals surface area contributed by atoms with Gasteiger partial charge in [-0.05, 0) is 30.9 Å². The molecular weight excluding hydrogens is 318 g/mol. The Labute approximate surface area is 137 Å². The van der Waals surface area contributed by atoms with E-state index in [4.69, 9.17) is 10.5 Å². The summed E-state index contributed by atoms with van der Waals surface area (Å²) >= 11 is 0. The maximum absolute atomic E-state index is 13.3.